The van der Waals surface area contributed by atoms with Crippen molar-refractivity contribution in [3.63, 3.8) is 0 Å². The second-order valence-electron chi connectivity index (χ2n) is 13.0. The lowest BCUT2D eigenvalue weighted by molar-refractivity contribution is 1.01. The first-order chi connectivity index (χ1) is 24.7. The van der Waals surface area contributed by atoms with E-state index < -0.39 is 0 Å². The molecule has 4 aromatic carbocycles. The Hall–Kier alpha value is -4.65. The molecule has 5 aromatic rings. The fourth-order valence-corrected chi connectivity index (χ4v) is 10.1. The molecule has 2 heterocycles. The van der Waals surface area contributed by atoms with E-state index in [2.05, 4.69) is 186 Å². The van der Waals surface area contributed by atoms with Crippen LogP contribution in [0.15, 0.2) is 183 Å². The van der Waals surface area contributed by atoms with E-state index in [1.165, 1.54) is 79.7 Å². The van der Waals surface area contributed by atoms with Gasteiger partial charge in [-0.2, -0.15) is 0 Å². The van der Waals surface area contributed by atoms with Crippen LogP contribution < -0.4 is 0 Å². The van der Waals surface area contributed by atoms with Crippen LogP contribution in [-0.4, -0.2) is 10.9 Å². The van der Waals surface area contributed by atoms with Gasteiger partial charge in [0.1, 0.15) is 6.34 Å². The van der Waals surface area contributed by atoms with Crippen LogP contribution in [0, 0.1) is 0 Å². The number of nitrogens with zero attached hydrogens (tertiary/aromatic N) is 2. The number of para-hydroxylation sites is 1. The van der Waals surface area contributed by atoms with Gasteiger partial charge in [0, 0.05) is 35.6 Å². The average Bonchev–Trinajstić information content (AvgIpc) is 3.50. The van der Waals surface area contributed by atoms with Crippen molar-refractivity contribution in [2.24, 2.45) is 4.99 Å². The quantitative estimate of drug-likeness (QED) is 0.0954. The summed E-state index contributed by atoms with van der Waals surface area (Å²) in [7, 11) is 0. The molecule has 0 spiro atoms. The van der Waals surface area contributed by atoms with Gasteiger partial charge in [0.05, 0.1) is 16.7 Å². The SMILES string of the molecule is CC/C=C\C1=C(I)c2c(ccc3c4ccccc4n(C=NC4=C5CC=CC=C5SC5=C4CC=CC=C5)c23)C1c1ccccc1-c1ccccc1. The second-order valence-corrected chi connectivity index (χ2v) is 15.1. The monoisotopic (exact) mass is 774 g/mol. The molecule has 3 aliphatic carbocycles. The van der Waals surface area contributed by atoms with Crippen LogP contribution in [0.2, 0.25) is 0 Å². The highest BCUT2D eigenvalue weighted by Crippen LogP contribution is 2.54. The molecule has 242 valence electrons. The minimum absolute atomic E-state index is 0.114. The van der Waals surface area contributed by atoms with Crippen molar-refractivity contribution >= 4 is 66.1 Å². The van der Waals surface area contributed by atoms with Crippen molar-refractivity contribution in [1.82, 2.24) is 4.57 Å². The van der Waals surface area contributed by atoms with Crippen molar-refractivity contribution in [2.75, 3.05) is 0 Å². The van der Waals surface area contributed by atoms with Crippen LogP contribution in [0.5, 0.6) is 0 Å². The Labute approximate surface area is 311 Å². The fraction of sp³-hybridized carbons (Fsp3) is 0.109. The number of benzene rings is 4. The molecule has 50 heavy (non-hydrogen) atoms. The molecule has 4 heteroatoms. The van der Waals surface area contributed by atoms with Gasteiger partial charge in [0.15, 0.2) is 0 Å². The molecular weight excluding hydrogens is 739 g/mol. The molecule has 4 aliphatic rings. The van der Waals surface area contributed by atoms with Gasteiger partial charge >= 0.3 is 0 Å². The number of allylic oxidation sites excluding steroid dienone is 12. The third kappa shape index (κ3) is 5.19. The van der Waals surface area contributed by atoms with E-state index in [0.29, 0.717) is 0 Å². The number of fused-ring (bicyclic) bond motifs is 6. The Morgan fingerprint density at radius 1 is 0.820 bits per heavy atom. The van der Waals surface area contributed by atoms with Crippen molar-refractivity contribution < 1.29 is 0 Å². The molecule has 0 fully saturated rings. The Balaban J connectivity index is 1.29. The number of aromatic nitrogens is 1. The van der Waals surface area contributed by atoms with Crippen LogP contribution in [0.3, 0.4) is 0 Å². The van der Waals surface area contributed by atoms with Gasteiger partial charge in [0.25, 0.3) is 0 Å². The fourth-order valence-electron chi connectivity index (χ4n) is 7.86. The van der Waals surface area contributed by atoms with Gasteiger partial charge in [0.2, 0.25) is 0 Å². The molecule has 0 saturated heterocycles. The van der Waals surface area contributed by atoms with E-state index in [9.17, 15) is 0 Å². The molecule has 0 N–H and O–H groups in total. The Morgan fingerprint density at radius 3 is 2.52 bits per heavy atom. The Kier molecular flexibility index (Phi) is 8.30. The van der Waals surface area contributed by atoms with Crippen LogP contribution in [0.25, 0.3) is 36.5 Å². The molecule has 0 radical (unpaired) electrons. The van der Waals surface area contributed by atoms with Crippen LogP contribution >= 0.6 is 34.4 Å². The third-order valence-electron chi connectivity index (χ3n) is 10.1. The molecule has 1 unspecified atom stereocenters. The number of rotatable bonds is 6. The van der Waals surface area contributed by atoms with Gasteiger partial charge in [-0.3, -0.25) is 4.57 Å². The predicted octanol–water partition coefficient (Wildman–Crippen LogP) is 13.2. The van der Waals surface area contributed by atoms with Gasteiger partial charge in [-0.15, -0.1) is 0 Å². The summed E-state index contributed by atoms with van der Waals surface area (Å²) in [5, 5.41) is 2.51. The number of hydrogen-bond acceptors (Lipinski definition) is 2. The van der Waals surface area contributed by atoms with E-state index in [4.69, 9.17) is 4.99 Å². The molecule has 1 aromatic heterocycles. The topological polar surface area (TPSA) is 17.3 Å². The van der Waals surface area contributed by atoms with Crippen LogP contribution in [-0.2, 0) is 0 Å². The number of thioether (sulfide) groups is 1. The molecule has 0 amide bonds. The molecule has 0 saturated carbocycles. The highest BCUT2D eigenvalue weighted by molar-refractivity contribution is 14.1. The smallest absolute Gasteiger partial charge is 0.100 e. The zero-order chi connectivity index (χ0) is 33.6. The molecule has 1 atom stereocenters. The maximum atomic E-state index is 5.46. The molecule has 0 bridgehead atoms. The van der Waals surface area contributed by atoms with E-state index >= 15 is 0 Å². The van der Waals surface area contributed by atoms with Crippen molar-refractivity contribution in [3.8, 4) is 11.1 Å². The van der Waals surface area contributed by atoms with Crippen molar-refractivity contribution in [2.45, 2.75) is 32.1 Å². The maximum absolute atomic E-state index is 5.46. The molecule has 2 nitrogen and oxygen atoms in total. The van der Waals surface area contributed by atoms with E-state index in [1.54, 1.807) is 0 Å². The highest BCUT2D eigenvalue weighted by atomic mass is 127. The summed E-state index contributed by atoms with van der Waals surface area (Å²) in [6.07, 6.45) is 25.0. The Bertz CT molecular complexity index is 2490. The summed E-state index contributed by atoms with van der Waals surface area (Å²) in [6.45, 7) is 2.22. The Morgan fingerprint density at radius 2 is 1.62 bits per heavy atom. The first-order valence-electron chi connectivity index (χ1n) is 17.4. The minimum Gasteiger partial charge on any atom is -0.299 e. The third-order valence-corrected chi connectivity index (χ3v) is 12.5. The largest absolute Gasteiger partial charge is 0.299 e. The van der Waals surface area contributed by atoms with Crippen molar-refractivity contribution in [1.29, 1.82) is 0 Å². The standard InChI is InChI=1S/C46H35IN2S/c1-2-3-18-38-42(33-21-11-10-19-31(33)30-16-6-4-7-17-30)37-28-27-34-32-20-12-14-24-39(32)49(46(34)43(37)44(38)47)29-48-45-35-22-8-5-9-25-40(35)50-41-26-15-13-23-36(41)45/h3-21,24-29,42H,2,22-23H2,1H3/b18-3-,48-29?. The average molecular weight is 775 g/mol. The zero-order valence-electron chi connectivity index (χ0n) is 27.8. The summed E-state index contributed by atoms with van der Waals surface area (Å²) < 4.78 is 3.68. The normalized spacial score (nSPS) is 18.5. The lowest BCUT2D eigenvalue weighted by atomic mass is 9.83. The van der Waals surface area contributed by atoms with E-state index in [0.717, 1.165) is 25.0 Å². The summed E-state index contributed by atoms with van der Waals surface area (Å²) in [5.74, 6) is 0.114. The van der Waals surface area contributed by atoms with E-state index in [-0.39, 0.29) is 5.92 Å². The highest BCUT2D eigenvalue weighted by Gasteiger charge is 2.34. The van der Waals surface area contributed by atoms with Crippen LogP contribution in [0.1, 0.15) is 48.8 Å². The second kappa shape index (κ2) is 13.2. The summed E-state index contributed by atoms with van der Waals surface area (Å²) >= 11 is 4.51. The zero-order valence-corrected chi connectivity index (χ0v) is 30.8. The summed E-state index contributed by atoms with van der Waals surface area (Å²) in [4.78, 5) is 8.05. The number of halogens is 1. The van der Waals surface area contributed by atoms with Gasteiger partial charge in [-0.25, -0.2) is 4.99 Å². The molecule has 9 rings (SSSR count). The maximum Gasteiger partial charge on any atom is 0.100 e. The van der Waals surface area contributed by atoms with Gasteiger partial charge < -0.3 is 0 Å². The summed E-state index contributed by atoms with van der Waals surface area (Å²) in [5.41, 5.74) is 14.0. The molecule has 1 aliphatic heterocycles. The van der Waals surface area contributed by atoms with Crippen molar-refractivity contribution in [3.05, 3.63) is 195 Å². The van der Waals surface area contributed by atoms with Crippen LogP contribution in [0.4, 0.5) is 0 Å². The van der Waals surface area contributed by atoms with Gasteiger partial charge in [-0.1, -0.05) is 146 Å². The lowest BCUT2D eigenvalue weighted by Gasteiger charge is -2.25. The van der Waals surface area contributed by atoms with E-state index in [1.807, 2.05) is 11.8 Å². The lowest BCUT2D eigenvalue weighted by Crippen LogP contribution is -2.06. The summed E-state index contributed by atoms with van der Waals surface area (Å²) in [6, 6.07) is 33.3. The molecular formula is C46H35IN2S. The first-order valence-corrected chi connectivity index (χ1v) is 19.3. The predicted molar refractivity (Wildman–Crippen MR) is 224 cm³/mol. The van der Waals surface area contributed by atoms with Gasteiger partial charge in [-0.05, 0) is 99.0 Å². The minimum atomic E-state index is 0.114. The number of hydrogen-bond donors (Lipinski definition) is 0. The number of aliphatic imine (C=N–C) groups is 1. The first kappa shape index (κ1) is 31.3.